The van der Waals surface area contributed by atoms with Gasteiger partial charge in [-0.3, -0.25) is 14.3 Å². The molecular formula is C23H29N3O4S. The zero-order valence-corrected chi connectivity index (χ0v) is 18.7. The highest BCUT2D eigenvalue weighted by molar-refractivity contribution is 7.92. The highest BCUT2D eigenvalue weighted by atomic mass is 32.2. The number of aryl methyl sites for hydroxylation is 1. The first-order valence-corrected chi connectivity index (χ1v) is 12.0. The number of piperidine rings is 1. The molecule has 2 aromatic carbocycles. The van der Waals surface area contributed by atoms with Gasteiger partial charge in [-0.2, -0.15) is 0 Å². The van der Waals surface area contributed by atoms with Crippen LogP contribution in [0.25, 0.3) is 0 Å². The SMILES string of the molecule is CCCNC(=O)C1CCCN(C(=O)c2cccc(S(=O)(=O)Nc3ccc(C)cc3)c2)C1. The van der Waals surface area contributed by atoms with E-state index in [4.69, 9.17) is 0 Å². The Morgan fingerprint density at radius 2 is 1.87 bits per heavy atom. The van der Waals surface area contributed by atoms with Gasteiger partial charge in [-0.15, -0.1) is 0 Å². The molecule has 2 aromatic rings. The van der Waals surface area contributed by atoms with Gasteiger partial charge in [0.25, 0.3) is 15.9 Å². The maximum Gasteiger partial charge on any atom is 0.261 e. The highest BCUT2D eigenvalue weighted by Gasteiger charge is 2.29. The first kappa shape index (κ1) is 22.8. The van der Waals surface area contributed by atoms with E-state index in [2.05, 4.69) is 10.0 Å². The second kappa shape index (κ2) is 9.96. The van der Waals surface area contributed by atoms with Crippen molar-refractivity contribution in [2.45, 2.75) is 38.0 Å². The van der Waals surface area contributed by atoms with Crippen LogP contribution in [0.2, 0.25) is 0 Å². The molecule has 0 aromatic heterocycles. The molecule has 1 saturated heterocycles. The van der Waals surface area contributed by atoms with E-state index in [0.717, 1.165) is 24.8 Å². The lowest BCUT2D eigenvalue weighted by molar-refractivity contribution is -0.126. The Bertz CT molecular complexity index is 1040. The molecule has 1 unspecified atom stereocenters. The van der Waals surface area contributed by atoms with Crippen molar-refractivity contribution in [3.05, 3.63) is 59.7 Å². The minimum Gasteiger partial charge on any atom is -0.356 e. The van der Waals surface area contributed by atoms with Crippen LogP contribution in [0.3, 0.4) is 0 Å². The Morgan fingerprint density at radius 1 is 1.13 bits per heavy atom. The van der Waals surface area contributed by atoms with E-state index in [1.165, 1.54) is 12.1 Å². The van der Waals surface area contributed by atoms with E-state index in [1.807, 2.05) is 26.0 Å². The van der Waals surface area contributed by atoms with Crippen LogP contribution >= 0.6 is 0 Å². The van der Waals surface area contributed by atoms with E-state index in [1.54, 1.807) is 29.2 Å². The number of nitrogens with zero attached hydrogens (tertiary/aromatic N) is 1. The molecule has 8 heteroatoms. The van der Waals surface area contributed by atoms with Gasteiger partial charge in [-0.25, -0.2) is 8.42 Å². The van der Waals surface area contributed by atoms with Crippen molar-refractivity contribution in [1.29, 1.82) is 0 Å². The number of benzene rings is 2. The third-order valence-electron chi connectivity index (χ3n) is 5.32. The molecule has 166 valence electrons. The maximum atomic E-state index is 13.0. The lowest BCUT2D eigenvalue weighted by Crippen LogP contribution is -2.45. The molecule has 1 atom stereocenters. The average Bonchev–Trinajstić information content (AvgIpc) is 2.78. The monoisotopic (exact) mass is 443 g/mol. The quantitative estimate of drug-likeness (QED) is 0.687. The number of likely N-dealkylation sites (tertiary alicyclic amines) is 1. The summed E-state index contributed by atoms with van der Waals surface area (Å²) in [5, 5.41) is 2.89. The zero-order chi connectivity index (χ0) is 22.4. The number of sulfonamides is 1. The van der Waals surface area contributed by atoms with Crippen LogP contribution in [0.5, 0.6) is 0 Å². The molecule has 0 radical (unpaired) electrons. The van der Waals surface area contributed by atoms with Crippen LogP contribution in [-0.2, 0) is 14.8 Å². The molecule has 0 saturated carbocycles. The number of hydrogen-bond acceptors (Lipinski definition) is 4. The smallest absolute Gasteiger partial charge is 0.261 e. The second-order valence-electron chi connectivity index (χ2n) is 7.88. The molecule has 1 aliphatic heterocycles. The summed E-state index contributed by atoms with van der Waals surface area (Å²) in [6, 6.07) is 13.0. The van der Waals surface area contributed by atoms with Crippen molar-refractivity contribution >= 4 is 27.5 Å². The summed E-state index contributed by atoms with van der Waals surface area (Å²) in [6.45, 7) is 5.43. The van der Waals surface area contributed by atoms with Gasteiger partial charge in [0.1, 0.15) is 0 Å². The van der Waals surface area contributed by atoms with Gasteiger partial charge in [0.15, 0.2) is 0 Å². The fourth-order valence-corrected chi connectivity index (χ4v) is 4.69. The van der Waals surface area contributed by atoms with Crippen molar-refractivity contribution in [3.63, 3.8) is 0 Å². The Balaban J connectivity index is 1.73. The first-order valence-electron chi connectivity index (χ1n) is 10.6. The molecule has 31 heavy (non-hydrogen) atoms. The van der Waals surface area contributed by atoms with Crippen LogP contribution < -0.4 is 10.0 Å². The predicted octanol–water partition coefficient (Wildman–Crippen LogP) is 3.17. The fourth-order valence-electron chi connectivity index (χ4n) is 3.58. The summed E-state index contributed by atoms with van der Waals surface area (Å²) in [5.74, 6) is -0.530. The van der Waals surface area contributed by atoms with Crippen LogP contribution in [0, 0.1) is 12.8 Å². The number of hydrogen-bond donors (Lipinski definition) is 2. The molecular weight excluding hydrogens is 414 g/mol. The van der Waals surface area contributed by atoms with E-state index in [0.29, 0.717) is 30.9 Å². The minimum atomic E-state index is -3.83. The van der Waals surface area contributed by atoms with Crippen LogP contribution in [0.4, 0.5) is 5.69 Å². The standard InChI is InChI=1S/C23H29N3O4S/c1-3-13-24-22(27)19-7-5-14-26(16-19)23(28)18-6-4-8-21(15-18)31(29,30)25-20-11-9-17(2)10-12-20/h4,6,8-12,15,19,25H,3,5,7,13-14,16H2,1-2H3,(H,24,27). The number of nitrogens with one attached hydrogen (secondary N) is 2. The maximum absolute atomic E-state index is 13.0. The van der Waals surface area contributed by atoms with Crippen LogP contribution in [-0.4, -0.2) is 44.8 Å². The van der Waals surface area contributed by atoms with Crippen molar-refractivity contribution in [2.75, 3.05) is 24.4 Å². The van der Waals surface area contributed by atoms with Crippen molar-refractivity contribution in [1.82, 2.24) is 10.2 Å². The lowest BCUT2D eigenvalue weighted by atomic mass is 9.96. The summed E-state index contributed by atoms with van der Waals surface area (Å²) in [5.41, 5.74) is 1.78. The topological polar surface area (TPSA) is 95.6 Å². The Kier molecular flexibility index (Phi) is 7.33. The van der Waals surface area contributed by atoms with Crippen LogP contribution in [0.1, 0.15) is 42.1 Å². The Labute approximate surface area is 183 Å². The van der Waals surface area contributed by atoms with E-state index >= 15 is 0 Å². The average molecular weight is 444 g/mol. The fraction of sp³-hybridized carbons (Fsp3) is 0.391. The van der Waals surface area contributed by atoms with Crippen LogP contribution in [0.15, 0.2) is 53.4 Å². The Morgan fingerprint density at radius 3 is 2.58 bits per heavy atom. The molecule has 0 aliphatic carbocycles. The van der Waals surface area contributed by atoms with E-state index < -0.39 is 10.0 Å². The number of amides is 2. The molecule has 0 bridgehead atoms. The van der Waals surface area contributed by atoms with Gasteiger partial charge in [0, 0.05) is 30.9 Å². The molecule has 1 aliphatic rings. The number of anilines is 1. The summed E-state index contributed by atoms with van der Waals surface area (Å²) >= 11 is 0. The highest BCUT2D eigenvalue weighted by Crippen LogP contribution is 2.22. The molecule has 3 rings (SSSR count). The molecule has 1 heterocycles. The summed E-state index contributed by atoms with van der Waals surface area (Å²) in [7, 11) is -3.83. The molecule has 1 fully saturated rings. The zero-order valence-electron chi connectivity index (χ0n) is 17.9. The minimum absolute atomic E-state index is 0.0215. The normalized spacial score (nSPS) is 16.6. The van der Waals surface area contributed by atoms with E-state index in [9.17, 15) is 18.0 Å². The number of carbonyl (C=O) groups is 2. The van der Waals surface area contributed by atoms with Gasteiger partial charge in [0.05, 0.1) is 10.8 Å². The van der Waals surface area contributed by atoms with Gasteiger partial charge >= 0.3 is 0 Å². The lowest BCUT2D eigenvalue weighted by Gasteiger charge is -2.32. The molecule has 2 amide bonds. The van der Waals surface area contributed by atoms with Gasteiger partial charge in [0.2, 0.25) is 5.91 Å². The Hall–Kier alpha value is -2.87. The van der Waals surface area contributed by atoms with Crippen molar-refractivity contribution < 1.29 is 18.0 Å². The van der Waals surface area contributed by atoms with Gasteiger partial charge < -0.3 is 10.2 Å². The third kappa shape index (κ3) is 5.85. The largest absolute Gasteiger partial charge is 0.356 e. The number of rotatable bonds is 7. The van der Waals surface area contributed by atoms with Gasteiger partial charge in [-0.05, 0) is 56.5 Å². The molecule has 7 nitrogen and oxygen atoms in total. The van der Waals surface area contributed by atoms with Crippen molar-refractivity contribution in [2.24, 2.45) is 5.92 Å². The summed E-state index contributed by atoms with van der Waals surface area (Å²) in [6.07, 6.45) is 2.34. The molecule has 2 N–H and O–H groups in total. The summed E-state index contributed by atoms with van der Waals surface area (Å²) < 4.78 is 28.1. The number of carbonyl (C=O) groups excluding carboxylic acids is 2. The second-order valence-corrected chi connectivity index (χ2v) is 9.56. The third-order valence-corrected chi connectivity index (χ3v) is 6.70. The van der Waals surface area contributed by atoms with Gasteiger partial charge in [-0.1, -0.05) is 30.7 Å². The first-order chi connectivity index (χ1) is 14.8. The predicted molar refractivity (Wildman–Crippen MR) is 120 cm³/mol. The summed E-state index contributed by atoms with van der Waals surface area (Å²) in [4.78, 5) is 27.0. The van der Waals surface area contributed by atoms with E-state index in [-0.39, 0.29) is 22.6 Å². The molecule has 0 spiro atoms. The van der Waals surface area contributed by atoms with Crippen molar-refractivity contribution in [3.8, 4) is 0 Å².